The minimum Gasteiger partial charge on any atom is -0.390 e. The first-order chi connectivity index (χ1) is 14.8. The van der Waals surface area contributed by atoms with E-state index in [2.05, 4.69) is 10.6 Å². The molecule has 0 aromatic heterocycles. The second-order valence-corrected chi connectivity index (χ2v) is 7.83. The van der Waals surface area contributed by atoms with E-state index in [4.69, 9.17) is 0 Å². The van der Waals surface area contributed by atoms with E-state index in [1.54, 1.807) is 11.0 Å². The molecule has 166 valence electrons. The molecule has 2 aromatic carbocycles. The van der Waals surface area contributed by atoms with E-state index in [1.165, 1.54) is 18.2 Å². The number of aliphatic hydroxyl groups is 1. The minimum atomic E-state index is -0.786. The number of aryl methyl sites for hydroxylation is 2. The molecule has 0 bridgehead atoms. The molecule has 1 atom stereocenters. The first-order valence-electron chi connectivity index (χ1n) is 10.4. The molecule has 1 unspecified atom stereocenters. The van der Waals surface area contributed by atoms with E-state index in [1.807, 2.05) is 36.9 Å². The molecule has 1 saturated heterocycles. The quantitative estimate of drug-likeness (QED) is 0.660. The van der Waals surface area contributed by atoms with Gasteiger partial charge in [-0.1, -0.05) is 30.3 Å². The van der Waals surface area contributed by atoms with E-state index >= 15 is 0 Å². The van der Waals surface area contributed by atoms with Gasteiger partial charge < -0.3 is 20.6 Å². The van der Waals surface area contributed by atoms with Crippen LogP contribution in [0.25, 0.3) is 0 Å². The molecule has 3 N–H and O–H groups in total. The largest absolute Gasteiger partial charge is 0.390 e. The number of β-amino-alcohol motifs (C(OH)–C–C–N with tert-alkyl or cyclic N) is 1. The molecule has 0 radical (unpaired) electrons. The molecule has 1 aliphatic heterocycles. The highest BCUT2D eigenvalue weighted by Gasteiger charge is 2.23. The van der Waals surface area contributed by atoms with Crippen LogP contribution in [0.1, 0.15) is 21.5 Å². The number of anilines is 1. The van der Waals surface area contributed by atoms with Crippen molar-refractivity contribution in [2.75, 3.05) is 44.6 Å². The summed E-state index contributed by atoms with van der Waals surface area (Å²) in [5.74, 6) is -1.14. The molecule has 7 nitrogen and oxygen atoms in total. The number of amides is 3. The lowest BCUT2D eigenvalue weighted by atomic mass is 10.1. The molecule has 0 aliphatic carbocycles. The first kappa shape index (κ1) is 22.7. The molecular weight excluding hydrogens is 399 g/mol. The number of carbonyl (C=O) groups excluding carboxylic acids is 2. The van der Waals surface area contributed by atoms with Gasteiger partial charge in [-0.15, -0.1) is 0 Å². The molecule has 8 heteroatoms. The lowest BCUT2D eigenvalue weighted by Gasteiger charge is -2.35. The first-order valence-corrected chi connectivity index (χ1v) is 10.4. The van der Waals surface area contributed by atoms with Crippen LogP contribution in [0.4, 0.5) is 14.9 Å². The second-order valence-electron chi connectivity index (χ2n) is 7.83. The van der Waals surface area contributed by atoms with Gasteiger partial charge in [-0.25, -0.2) is 9.18 Å². The van der Waals surface area contributed by atoms with Crippen molar-refractivity contribution >= 4 is 17.6 Å². The van der Waals surface area contributed by atoms with Crippen LogP contribution >= 0.6 is 0 Å². The molecule has 0 spiro atoms. The van der Waals surface area contributed by atoms with Gasteiger partial charge in [-0.3, -0.25) is 9.69 Å². The second kappa shape index (κ2) is 10.4. The Bertz CT molecular complexity index is 909. The Morgan fingerprint density at radius 2 is 1.68 bits per heavy atom. The number of hydrogen-bond acceptors (Lipinski definition) is 4. The van der Waals surface area contributed by atoms with Crippen molar-refractivity contribution in [1.29, 1.82) is 0 Å². The maximum atomic E-state index is 13.7. The van der Waals surface area contributed by atoms with Gasteiger partial charge in [0.1, 0.15) is 5.82 Å². The fourth-order valence-electron chi connectivity index (χ4n) is 3.64. The van der Waals surface area contributed by atoms with Gasteiger partial charge >= 0.3 is 6.03 Å². The number of nitrogens with zero attached hydrogens (tertiary/aromatic N) is 2. The van der Waals surface area contributed by atoms with Crippen molar-refractivity contribution < 1.29 is 19.1 Å². The monoisotopic (exact) mass is 428 g/mol. The van der Waals surface area contributed by atoms with Crippen LogP contribution in [-0.4, -0.2) is 72.2 Å². The van der Waals surface area contributed by atoms with E-state index in [0.29, 0.717) is 32.7 Å². The predicted molar refractivity (Wildman–Crippen MR) is 118 cm³/mol. The number of halogens is 1. The van der Waals surface area contributed by atoms with Gasteiger partial charge in [0.2, 0.25) is 0 Å². The van der Waals surface area contributed by atoms with Gasteiger partial charge in [0.05, 0.1) is 11.7 Å². The minimum absolute atomic E-state index is 0.0282. The normalized spacial score (nSPS) is 15.4. The molecular formula is C23H29FN4O3. The number of nitrogens with one attached hydrogen (secondary N) is 2. The van der Waals surface area contributed by atoms with Crippen LogP contribution in [0.5, 0.6) is 0 Å². The van der Waals surface area contributed by atoms with Crippen molar-refractivity contribution in [3.8, 4) is 0 Å². The number of piperazine rings is 1. The van der Waals surface area contributed by atoms with Crippen LogP contribution in [0.15, 0.2) is 42.5 Å². The van der Waals surface area contributed by atoms with Crippen LogP contribution < -0.4 is 10.6 Å². The fourth-order valence-corrected chi connectivity index (χ4v) is 3.64. The zero-order valence-corrected chi connectivity index (χ0v) is 17.9. The number of aliphatic hydroxyl groups excluding tert-OH is 1. The van der Waals surface area contributed by atoms with Crippen molar-refractivity contribution in [2.45, 2.75) is 20.0 Å². The Balaban J connectivity index is 1.42. The molecule has 1 fully saturated rings. The molecule has 2 aromatic rings. The third-order valence-electron chi connectivity index (χ3n) is 5.46. The zero-order valence-electron chi connectivity index (χ0n) is 17.9. The topological polar surface area (TPSA) is 84.9 Å². The lowest BCUT2D eigenvalue weighted by molar-refractivity contribution is 0.0751. The number of carbonyl (C=O) groups is 2. The predicted octanol–water partition coefficient (Wildman–Crippen LogP) is 2.38. The molecule has 1 aliphatic rings. The van der Waals surface area contributed by atoms with Gasteiger partial charge in [0, 0.05) is 45.0 Å². The average Bonchev–Trinajstić information content (AvgIpc) is 2.75. The number of para-hydroxylation sites is 1. The highest BCUT2D eigenvalue weighted by Crippen LogP contribution is 2.20. The smallest absolute Gasteiger partial charge is 0.321 e. The standard InChI is InChI=1S/C23H29FN4O3/c1-16-6-5-7-17(2)21(16)26-23(31)28-12-10-27(11-13-28)15-18(29)14-25-22(30)19-8-3-4-9-20(19)24/h3-9,18,29H,10-15H2,1-2H3,(H,25,30)(H,26,31). The SMILES string of the molecule is Cc1cccc(C)c1NC(=O)N1CCN(CC(O)CNC(=O)c2ccccc2F)CC1. The Labute approximate surface area is 181 Å². The third-order valence-corrected chi connectivity index (χ3v) is 5.46. The summed E-state index contributed by atoms with van der Waals surface area (Å²) in [5, 5.41) is 15.8. The van der Waals surface area contributed by atoms with Crippen molar-refractivity contribution in [1.82, 2.24) is 15.1 Å². The average molecular weight is 429 g/mol. The van der Waals surface area contributed by atoms with Gasteiger partial charge in [0.25, 0.3) is 5.91 Å². The Morgan fingerprint density at radius 3 is 2.32 bits per heavy atom. The van der Waals surface area contributed by atoms with E-state index in [9.17, 15) is 19.1 Å². The maximum absolute atomic E-state index is 13.7. The molecule has 3 rings (SSSR count). The summed E-state index contributed by atoms with van der Waals surface area (Å²) in [6.07, 6.45) is -0.786. The summed E-state index contributed by atoms with van der Waals surface area (Å²) in [6, 6.07) is 11.5. The number of urea groups is 1. The van der Waals surface area contributed by atoms with Gasteiger partial charge in [0.15, 0.2) is 0 Å². The Kier molecular flexibility index (Phi) is 7.59. The molecule has 3 amide bonds. The lowest BCUT2D eigenvalue weighted by Crippen LogP contribution is -2.52. The molecule has 31 heavy (non-hydrogen) atoms. The molecule has 1 heterocycles. The van der Waals surface area contributed by atoms with Crippen LogP contribution in [0.3, 0.4) is 0 Å². The van der Waals surface area contributed by atoms with Crippen molar-refractivity contribution in [3.05, 3.63) is 65.0 Å². The fraction of sp³-hybridized carbons (Fsp3) is 0.391. The summed E-state index contributed by atoms with van der Waals surface area (Å²) in [5.41, 5.74) is 2.84. The number of rotatable bonds is 6. The Hall–Kier alpha value is -2.97. The summed E-state index contributed by atoms with van der Waals surface area (Å²) in [4.78, 5) is 28.5. The third kappa shape index (κ3) is 6.02. The summed E-state index contributed by atoms with van der Waals surface area (Å²) in [6.45, 7) is 6.66. The molecule has 0 saturated carbocycles. The highest BCUT2D eigenvalue weighted by molar-refractivity contribution is 5.94. The van der Waals surface area contributed by atoms with Crippen molar-refractivity contribution in [3.63, 3.8) is 0 Å². The summed E-state index contributed by atoms with van der Waals surface area (Å²) in [7, 11) is 0. The van der Waals surface area contributed by atoms with Crippen LogP contribution in [-0.2, 0) is 0 Å². The summed E-state index contributed by atoms with van der Waals surface area (Å²) < 4.78 is 13.7. The van der Waals surface area contributed by atoms with E-state index in [-0.39, 0.29) is 18.1 Å². The van der Waals surface area contributed by atoms with Crippen molar-refractivity contribution in [2.24, 2.45) is 0 Å². The van der Waals surface area contributed by atoms with Crippen LogP contribution in [0, 0.1) is 19.7 Å². The van der Waals surface area contributed by atoms with Gasteiger partial charge in [-0.05, 0) is 37.1 Å². The van der Waals surface area contributed by atoms with Crippen LogP contribution in [0.2, 0.25) is 0 Å². The maximum Gasteiger partial charge on any atom is 0.321 e. The number of benzene rings is 2. The van der Waals surface area contributed by atoms with Gasteiger partial charge in [-0.2, -0.15) is 0 Å². The van der Waals surface area contributed by atoms with E-state index in [0.717, 1.165) is 16.8 Å². The highest BCUT2D eigenvalue weighted by atomic mass is 19.1. The zero-order chi connectivity index (χ0) is 22.4. The summed E-state index contributed by atoms with van der Waals surface area (Å²) >= 11 is 0. The number of hydrogen-bond donors (Lipinski definition) is 3. The Morgan fingerprint density at radius 1 is 1.03 bits per heavy atom. The van der Waals surface area contributed by atoms with E-state index < -0.39 is 17.8 Å².